The van der Waals surface area contributed by atoms with Gasteiger partial charge in [0.25, 0.3) is 6.71 Å². The summed E-state index contributed by atoms with van der Waals surface area (Å²) in [7, 11) is 0. The molecule has 0 radical (unpaired) electrons. The fourth-order valence-corrected chi connectivity index (χ4v) is 13.2. The fraction of sp³-hybridized carbons (Fsp3) is 0.108. The molecule has 0 N–H and O–H groups in total. The molecule has 0 saturated carbocycles. The van der Waals surface area contributed by atoms with Crippen LogP contribution in [-0.4, -0.2) is 15.8 Å². The second kappa shape index (κ2) is 17.0. The second-order valence-electron chi connectivity index (χ2n) is 23.8. The van der Waals surface area contributed by atoms with Crippen molar-refractivity contribution in [2.75, 3.05) is 4.90 Å². The van der Waals surface area contributed by atoms with Gasteiger partial charge in [0.2, 0.25) is 0 Å². The van der Waals surface area contributed by atoms with E-state index in [-0.39, 0.29) is 40.6 Å². The number of benzene rings is 11. The molecule has 2 aliphatic heterocycles. The summed E-state index contributed by atoms with van der Waals surface area (Å²) in [5.41, 5.74) is 19.2. The largest absolute Gasteiger partial charge is 0.454 e. The Labute approximate surface area is 471 Å². The Morgan fingerprint density at radius 1 is 0.438 bits per heavy atom. The highest BCUT2D eigenvalue weighted by molar-refractivity contribution is 6.99. The van der Waals surface area contributed by atoms with E-state index in [0.29, 0.717) is 27.9 Å². The Morgan fingerprint density at radius 2 is 0.988 bits per heavy atom. The van der Waals surface area contributed by atoms with E-state index < -0.39 is 6.71 Å². The van der Waals surface area contributed by atoms with Gasteiger partial charge in [-0.15, -0.1) is 0 Å². The van der Waals surface area contributed by atoms with Gasteiger partial charge in [-0.2, -0.15) is 0 Å². The van der Waals surface area contributed by atoms with E-state index in [1.807, 2.05) is 6.07 Å². The number of fused-ring (bicyclic) bond motifs is 14. The Kier molecular flexibility index (Phi) is 9.03. The number of aromatic nitrogens is 2. The van der Waals surface area contributed by atoms with Gasteiger partial charge in [-0.3, -0.25) is 0 Å². The molecule has 382 valence electrons. The second-order valence-corrected chi connectivity index (χ2v) is 23.8. The van der Waals surface area contributed by atoms with Crippen molar-refractivity contribution in [3.63, 3.8) is 0 Å². The van der Waals surface area contributed by atoms with Crippen LogP contribution in [0.5, 0.6) is 11.5 Å². The van der Waals surface area contributed by atoms with Gasteiger partial charge in [0.15, 0.2) is 11.3 Å². The Morgan fingerprint density at radius 3 is 1.61 bits per heavy atom. The van der Waals surface area contributed by atoms with Crippen molar-refractivity contribution >= 4 is 106 Å². The first-order valence-corrected chi connectivity index (χ1v) is 27.7. The SMILES string of the molecule is [2H]c1c([2H])c([2H])c2c(oc3c4c(ccc32)B2c3ccc(-n5c6ccccc6c6ccccc65)cc3N(c3c(-c5ccccc5)cccc3-c3ccccc3)c3cc(-n5c6ccc(C(C)(C)C)cc6c6cc(C(C)(C)C)ccc65)cc(c32)O4)c1[2H]. The lowest BCUT2D eigenvalue weighted by Gasteiger charge is -2.42. The fourth-order valence-electron chi connectivity index (χ4n) is 13.2. The molecule has 16 rings (SSSR count). The molecule has 3 aromatic heterocycles. The van der Waals surface area contributed by atoms with Crippen molar-refractivity contribution in [3.8, 4) is 45.1 Å². The maximum atomic E-state index is 9.17. The lowest BCUT2D eigenvalue weighted by Crippen LogP contribution is -2.59. The maximum absolute atomic E-state index is 9.17. The average Bonchev–Trinajstić information content (AvgIpc) is 1.26. The Bertz CT molecular complexity index is 4960. The molecule has 0 atom stereocenters. The molecule has 6 heteroatoms. The van der Waals surface area contributed by atoms with E-state index in [1.54, 1.807) is 0 Å². The molecular formula is C74H56BN3O2. The van der Waals surface area contributed by atoms with Crippen LogP contribution in [0.15, 0.2) is 235 Å². The Hall–Kier alpha value is -9.52. The van der Waals surface area contributed by atoms with Crippen LogP contribution in [0.2, 0.25) is 0 Å². The zero-order valence-electron chi connectivity index (χ0n) is 49.4. The zero-order valence-corrected chi connectivity index (χ0v) is 45.4. The van der Waals surface area contributed by atoms with Crippen molar-refractivity contribution in [3.05, 3.63) is 242 Å². The monoisotopic (exact) mass is 1030 g/mol. The van der Waals surface area contributed by atoms with Gasteiger partial charge in [-0.05, 0) is 110 Å². The summed E-state index contributed by atoms with van der Waals surface area (Å²) < 4.78 is 54.8. The van der Waals surface area contributed by atoms with E-state index in [2.05, 4.69) is 256 Å². The highest BCUT2D eigenvalue weighted by Gasteiger charge is 2.45. The molecule has 0 bridgehead atoms. The number of nitrogens with zero attached hydrogens (tertiary/aromatic N) is 3. The van der Waals surface area contributed by atoms with Crippen molar-refractivity contribution in [2.24, 2.45) is 0 Å². The van der Waals surface area contributed by atoms with Gasteiger partial charge in [-0.1, -0.05) is 205 Å². The molecule has 0 fully saturated rings. The predicted molar refractivity (Wildman–Crippen MR) is 337 cm³/mol. The van der Waals surface area contributed by atoms with Crippen LogP contribution >= 0.6 is 0 Å². The molecule has 0 spiro atoms. The summed E-state index contributed by atoms with van der Waals surface area (Å²) in [6.07, 6.45) is 0. The standard InChI is InChI=1S/C74H56BN3O2/c1-73(2,3)47-32-38-63-57(40-47)58-41-48(74(4,5)6)33-39-64(58)77(63)50-43-66-69-68(44-50)80-72-60(37-35-56-55-26-15-18-31-67(55)79-71(56)72)75(69)59-36-34-49(76-61-29-16-13-24-53(61)54-25-14-17-30-62(54)76)42-65(59)78(66)70-51(45-20-9-7-10-21-45)27-19-28-52(70)46-22-11-8-12-23-46/h7-44H,1-6H3/i15D,18D,26D,31D. The van der Waals surface area contributed by atoms with E-state index in [9.17, 15) is 0 Å². The summed E-state index contributed by atoms with van der Waals surface area (Å²) >= 11 is 0. The molecule has 0 unspecified atom stereocenters. The smallest absolute Gasteiger partial charge is 0.256 e. The first-order chi connectivity index (χ1) is 40.6. The van der Waals surface area contributed by atoms with Gasteiger partial charge < -0.3 is 23.2 Å². The van der Waals surface area contributed by atoms with Crippen LogP contribution in [0.1, 0.15) is 58.2 Å². The van der Waals surface area contributed by atoms with E-state index in [1.165, 1.54) is 32.7 Å². The van der Waals surface area contributed by atoms with E-state index in [4.69, 9.17) is 14.6 Å². The highest BCUT2D eigenvalue weighted by atomic mass is 16.5. The number of para-hydroxylation sites is 4. The molecule has 5 heterocycles. The summed E-state index contributed by atoms with van der Waals surface area (Å²) in [5, 5.41) is 5.57. The van der Waals surface area contributed by atoms with Gasteiger partial charge in [0.1, 0.15) is 11.3 Å². The molecule has 0 amide bonds. The average molecular weight is 1030 g/mol. The molecule has 2 aliphatic rings. The van der Waals surface area contributed by atoms with Gasteiger partial charge in [0.05, 0.1) is 38.9 Å². The van der Waals surface area contributed by atoms with Gasteiger partial charge in [0, 0.05) is 66.6 Å². The van der Waals surface area contributed by atoms with Crippen LogP contribution in [0, 0.1) is 0 Å². The van der Waals surface area contributed by atoms with Crippen LogP contribution in [0.4, 0.5) is 17.1 Å². The minimum Gasteiger partial charge on any atom is -0.454 e. The number of hydrogen-bond acceptors (Lipinski definition) is 3. The third-order valence-electron chi connectivity index (χ3n) is 17.0. The minimum atomic E-state index is -0.404. The first-order valence-electron chi connectivity index (χ1n) is 29.7. The lowest BCUT2D eigenvalue weighted by atomic mass is 9.34. The van der Waals surface area contributed by atoms with Crippen molar-refractivity contribution in [2.45, 2.75) is 52.4 Å². The number of furan rings is 1. The lowest BCUT2D eigenvalue weighted by molar-refractivity contribution is 0.481. The van der Waals surface area contributed by atoms with E-state index in [0.717, 1.165) is 89.1 Å². The molecule has 0 aliphatic carbocycles. The minimum absolute atomic E-state index is 0.0970. The quantitative estimate of drug-likeness (QED) is 0.161. The van der Waals surface area contributed by atoms with Crippen LogP contribution in [-0.2, 0) is 10.8 Å². The molecular weight excluding hydrogens is 974 g/mol. The molecule has 80 heavy (non-hydrogen) atoms. The van der Waals surface area contributed by atoms with Crippen molar-refractivity contribution in [1.29, 1.82) is 0 Å². The zero-order chi connectivity index (χ0) is 57.2. The number of ether oxygens (including phenoxy) is 1. The number of hydrogen-bond donors (Lipinski definition) is 0. The van der Waals surface area contributed by atoms with Crippen LogP contribution in [0.3, 0.4) is 0 Å². The van der Waals surface area contributed by atoms with Gasteiger partial charge in [-0.25, -0.2) is 0 Å². The highest BCUT2D eigenvalue weighted by Crippen LogP contribution is 2.51. The van der Waals surface area contributed by atoms with Gasteiger partial charge >= 0.3 is 0 Å². The maximum Gasteiger partial charge on any atom is 0.256 e. The summed E-state index contributed by atoms with van der Waals surface area (Å²) in [4.78, 5) is 2.51. The Balaban J connectivity index is 1.07. The molecule has 5 nitrogen and oxygen atoms in total. The molecule has 0 saturated heterocycles. The van der Waals surface area contributed by atoms with E-state index >= 15 is 0 Å². The number of anilines is 3. The predicted octanol–water partition coefficient (Wildman–Crippen LogP) is 18.1. The first kappa shape index (κ1) is 42.5. The summed E-state index contributed by atoms with van der Waals surface area (Å²) in [5.74, 6) is 1.12. The van der Waals surface area contributed by atoms with Crippen molar-refractivity contribution < 1.29 is 14.6 Å². The third kappa shape index (κ3) is 6.84. The third-order valence-corrected chi connectivity index (χ3v) is 17.0. The van der Waals surface area contributed by atoms with Crippen molar-refractivity contribution in [1.82, 2.24) is 9.13 Å². The number of rotatable bonds is 5. The summed E-state index contributed by atoms with van der Waals surface area (Å²) in [6, 6.07) is 73.8. The summed E-state index contributed by atoms with van der Waals surface area (Å²) in [6.45, 7) is 13.2. The molecule has 14 aromatic rings. The normalized spacial score (nSPS) is 13.9. The van der Waals surface area contributed by atoms with Crippen LogP contribution < -0.4 is 26.0 Å². The topological polar surface area (TPSA) is 35.5 Å². The molecule has 11 aromatic carbocycles. The van der Waals surface area contributed by atoms with Crippen LogP contribution in [0.25, 0.3) is 99.2 Å².